The smallest absolute Gasteiger partial charge is 0.321 e. The Morgan fingerprint density at radius 2 is 1.43 bits per heavy atom. The number of nitrogens with one attached hydrogen (secondary N) is 2. The van der Waals surface area contributed by atoms with E-state index >= 15 is 0 Å². The Morgan fingerprint density at radius 1 is 0.893 bits per heavy atom. The number of amides is 3. The molecule has 0 saturated carbocycles. The average Bonchev–Trinajstić information content (AvgIpc) is 2.71. The van der Waals surface area contributed by atoms with Crippen molar-refractivity contribution in [3.63, 3.8) is 0 Å². The molecule has 1 aliphatic heterocycles. The van der Waals surface area contributed by atoms with E-state index in [9.17, 15) is 9.59 Å². The lowest BCUT2D eigenvalue weighted by molar-refractivity contribution is -0.121. The fraction of sp³-hybridized carbons (Fsp3) is 0.333. The molecular formula is C21H25ClN4O2. The molecule has 28 heavy (non-hydrogen) atoms. The second-order valence-electron chi connectivity index (χ2n) is 6.99. The van der Waals surface area contributed by atoms with Gasteiger partial charge < -0.3 is 15.5 Å². The Balaban J connectivity index is 1.48. The summed E-state index contributed by atoms with van der Waals surface area (Å²) in [4.78, 5) is 28.8. The van der Waals surface area contributed by atoms with Crippen LogP contribution in [0.3, 0.4) is 0 Å². The fourth-order valence-corrected chi connectivity index (χ4v) is 3.22. The Hall–Kier alpha value is -2.57. The molecule has 0 aromatic heterocycles. The molecule has 0 aliphatic carbocycles. The third kappa shape index (κ3) is 5.24. The zero-order valence-electron chi connectivity index (χ0n) is 16.1. The molecule has 2 aromatic rings. The highest BCUT2D eigenvalue weighted by molar-refractivity contribution is 6.30. The number of anilines is 2. The van der Waals surface area contributed by atoms with Crippen molar-refractivity contribution in [2.24, 2.45) is 0 Å². The van der Waals surface area contributed by atoms with Crippen molar-refractivity contribution in [1.29, 1.82) is 0 Å². The standard InChI is InChI=1S/C21H25ClN4O2/c1-15-3-7-19(8-4-15)24-21(28)26-13-11-25(12-14-26)16(2)20(27)23-18-9-5-17(22)6-10-18/h3-10,16H,11-14H2,1-2H3,(H,23,27)(H,24,28)/t16-/m0/s1. The summed E-state index contributed by atoms with van der Waals surface area (Å²) in [5.74, 6) is -0.0696. The minimum atomic E-state index is -0.280. The summed E-state index contributed by atoms with van der Waals surface area (Å²) in [6.45, 7) is 6.35. The van der Waals surface area contributed by atoms with Crippen LogP contribution in [0.1, 0.15) is 12.5 Å². The number of piperazine rings is 1. The molecule has 2 N–H and O–H groups in total. The highest BCUT2D eigenvalue weighted by atomic mass is 35.5. The van der Waals surface area contributed by atoms with Crippen LogP contribution in [0.2, 0.25) is 5.02 Å². The van der Waals surface area contributed by atoms with Crippen molar-refractivity contribution in [2.75, 3.05) is 36.8 Å². The first kappa shape index (κ1) is 20.2. The van der Waals surface area contributed by atoms with Crippen LogP contribution in [0, 0.1) is 6.92 Å². The lowest BCUT2D eigenvalue weighted by atomic mass is 10.2. The van der Waals surface area contributed by atoms with Gasteiger partial charge in [0.25, 0.3) is 0 Å². The van der Waals surface area contributed by atoms with Gasteiger partial charge in [-0.15, -0.1) is 0 Å². The molecule has 1 fully saturated rings. The number of carbonyl (C=O) groups excluding carboxylic acids is 2. The Labute approximate surface area is 170 Å². The molecule has 1 aliphatic rings. The van der Waals surface area contributed by atoms with Crippen LogP contribution >= 0.6 is 11.6 Å². The van der Waals surface area contributed by atoms with Gasteiger partial charge >= 0.3 is 6.03 Å². The molecule has 3 rings (SSSR count). The number of urea groups is 1. The second-order valence-corrected chi connectivity index (χ2v) is 7.43. The maximum Gasteiger partial charge on any atom is 0.321 e. The highest BCUT2D eigenvalue weighted by Crippen LogP contribution is 2.15. The number of hydrogen-bond acceptors (Lipinski definition) is 3. The van der Waals surface area contributed by atoms with Gasteiger partial charge in [-0.25, -0.2) is 4.79 Å². The third-order valence-corrected chi connectivity index (χ3v) is 5.20. The fourth-order valence-electron chi connectivity index (χ4n) is 3.10. The van der Waals surface area contributed by atoms with E-state index in [0.717, 1.165) is 16.9 Å². The van der Waals surface area contributed by atoms with Gasteiger partial charge in [0.2, 0.25) is 5.91 Å². The lowest BCUT2D eigenvalue weighted by Crippen LogP contribution is -2.54. The van der Waals surface area contributed by atoms with E-state index in [4.69, 9.17) is 11.6 Å². The zero-order valence-corrected chi connectivity index (χ0v) is 16.9. The first-order chi connectivity index (χ1) is 13.4. The number of aryl methyl sites for hydroxylation is 1. The van der Waals surface area contributed by atoms with Crippen molar-refractivity contribution >= 4 is 34.9 Å². The van der Waals surface area contributed by atoms with E-state index in [0.29, 0.717) is 31.2 Å². The summed E-state index contributed by atoms with van der Waals surface area (Å²) in [5.41, 5.74) is 2.66. The number of hydrogen-bond donors (Lipinski definition) is 2. The SMILES string of the molecule is Cc1ccc(NC(=O)N2CCN([C@@H](C)C(=O)Nc3ccc(Cl)cc3)CC2)cc1. The van der Waals surface area contributed by atoms with Crippen LogP contribution in [-0.2, 0) is 4.79 Å². The first-order valence-electron chi connectivity index (χ1n) is 9.35. The van der Waals surface area contributed by atoms with Gasteiger partial charge in [-0.05, 0) is 50.2 Å². The van der Waals surface area contributed by atoms with Crippen LogP contribution < -0.4 is 10.6 Å². The molecule has 2 aromatic carbocycles. The monoisotopic (exact) mass is 400 g/mol. The van der Waals surface area contributed by atoms with Crippen molar-refractivity contribution < 1.29 is 9.59 Å². The first-order valence-corrected chi connectivity index (χ1v) is 9.73. The predicted molar refractivity (Wildman–Crippen MR) is 113 cm³/mol. The van der Waals surface area contributed by atoms with Gasteiger partial charge in [-0.1, -0.05) is 29.3 Å². The van der Waals surface area contributed by atoms with Gasteiger partial charge in [0.1, 0.15) is 0 Å². The maximum atomic E-state index is 12.5. The van der Waals surface area contributed by atoms with Crippen LogP contribution in [-0.4, -0.2) is 54.0 Å². The van der Waals surface area contributed by atoms with E-state index in [2.05, 4.69) is 15.5 Å². The molecule has 0 unspecified atom stereocenters. The van der Waals surface area contributed by atoms with Crippen molar-refractivity contribution in [2.45, 2.75) is 19.9 Å². The van der Waals surface area contributed by atoms with Gasteiger partial charge in [0.05, 0.1) is 6.04 Å². The maximum absolute atomic E-state index is 12.5. The summed E-state index contributed by atoms with van der Waals surface area (Å²) >= 11 is 5.87. The molecule has 3 amide bonds. The Bertz CT molecular complexity index is 815. The average molecular weight is 401 g/mol. The Morgan fingerprint density at radius 3 is 2.04 bits per heavy atom. The van der Waals surface area contributed by atoms with Crippen molar-refractivity contribution in [3.05, 3.63) is 59.1 Å². The normalized spacial score (nSPS) is 15.8. The van der Waals surface area contributed by atoms with Gasteiger partial charge in [-0.3, -0.25) is 9.69 Å². The molecule has 0 radical (unpaired) electrons. The number of benzene rings is 2. The number of rotatable bonds is 4. The Kier molecular flexibility index (Phi) is 6.54. The predicted octanol–water partition coefficient (Wildman–Crippen LogP) is 3.83. The van der Waals surface area contributed by atoms with E-state index in [1.807, 2.05) is 38.1 Å². The molecule has 0 bridgehead atoms. The summed E-state index contributed by atoms with van der Waals surface area (Å²) in [6.07, 6.45) is 0. The summed E-state index contributed by atoms with van der Waals surface area (Å²) in [6, 6.07) is 14.4. The van der Waals surface area contributed by atoms with E-state index < -0.39 is 0 Å². The molecule has 148 valence electrons. The molecular weight excluding hydrogens is 376 g/mol. The van der Waals surface area contributed by atoms with Gasteiger partial charge in [0.15, 0.2) is 0 Å². The van der Waals surface area contributed by atoms with Crippen LogP contribution in [0.5, 0.6) is 0 Å². The van der Waals surface area contributed by atoms with Gasteiger partial charge in [0, 0.05) is 42.6 Å². The number of carbonyl (C=O) groups is 2. The molecule has 6 nitrogen and oxygen atoms in total. The third-order valence-electron chi connectivity index (χ3n) is 4.94. The number of halogens is 1. The van der Waals surface area contributed by atoms with Crippen LogP contribution in [0.15, 0.2) is 48.5 Å². The van der Waals surface area contributed by atoms with Crippen molar-refractivity contribution in [1.82, 2.24) is 9.80 Å². The zero-order chi connectivity index (χ0) is 20.1. The highest BCUT2D eigenvalue weighted by Gasteiger charge is 2.27. The van der Waals surface area contributed by atoms with E-state index in [-0.39, 0.29) is 18.0 Å². The summed E-state index contributed by atoms with van der Waals surface area (Å²) in [5, 5.41) is 6.46. The molecule has 1 heterocycles. The van der Waals surface area contributed by atoms with E-state index in [1.54, 1.807) is 29.2 Å². The van der Waals surface area contributed by atoms with Crippen LogP contribution in [0.4, 0.5) is 16.2 Å². The summed E-state index contributed by atoms with van der Waals surface area (Å²) in [7, 11) is 0. The van der Waals surface area contributed by atoms with Crippen molar-refractivity contribution in [3.8, 4) is 0 Å². The topological polar surface area (TPSA) is 64.7 Å². The van der Waals surface area contributed by atoms with Crippen LogP contribution in [0.25, 0.3) is 0 Å². The summed E-state index contributed by atoms with van der Waals surface area (Å²) < 4.78 is 0. The quantitative estimate of drug-likeness (QED) is 0.819. The minimum absolute atomic E-state index is 0.0696. The number of nitrogens with zero attached hydrogens (tertiary/aromatic N) is 2. The largest absolute Gasteiger partial charge is 0.325 e. The minimum Gasteiger partial charge on any atom is -0.325 e. The molecule has 1 atom stereocenters. The molecule has 0 spiro atoms. The second kappa shape index (κ2) is 9.08. The molecule has 7 heteroatoms. The molecule has 1 saturated heterocycles. The van der Waals surface area contributed by atoms with Gasteiger partial charge in [-0.2, -0.15) is 0 Å². The lowest BCUT2D eigenvalue weighted by Gasteiger charge is -2.37. The van der Waals surface area contributed by atoms with E-state index in [1.165, 1.54) is 0 Å².